The van der Waals surface area contributed by atoms with Crippen LogP contribution < -0.4 is 5.73 Å². The van der Waals surface area contributed by atoms with Gasteiger partial charge < -0.3 is 5.73 Å². The van der Waals surface area contributed by atoms with Crippen molar-refractivity contribution in [1.29, 1.82) is 0 Å². The lowest BCUT2D eigenvalue weighted by molar-refractivity contribution is 0.241. The monoisotopic (exact) mass is 290 g/mol. The highest BCUT2D eigenvalue weighted by atomic mass is 19.1. The van der Waals surface area contributed by atoms with E-state index >= 15 is 0 Å². The van der Waals surface area contributed by atoms with Gasteiger partial charge in [0.2, 0.25) is 0 Å². The van der Waals surface area contributed by atoms with Crippen LogP contribution in [0.5, 0.6) is 0 Å². The van der Waals surface area contributed by atoms with Gasteiger partial charge in [-0.1, -0.05) is 24.3 Å². The minimum Gasteiger partial charge on any atom is -0.329 e. The van der Waals surface area contributed by atoms with Crippen LogP contribution in [-0.2, 0) is 6.54 Å². The van der Waals surface area contributed by atoms with E-state index in [0.29, 0.717) is 18.7 Å². The van der Waals surface area contributed by atoms with Crippen molar-refractivity contribution < 1.29 is 8.78 Å². The largest absolute Gasteiger partial charge is 0.329 e. The molecule has 1 atom stereocenters. The molecule has 0 radical (unpaired) electrons. The van der Waals surface area contributed by atoms with Crippen molar-refractivity contribution in [3.63, 3.8) is 0 Å². The Morgan fingerprint density at radius 3 is 2.33 bits per heavy atom. The topological polar surface area (TPSA) is 29.3 Å². The number of nitrogens with two attached hydrogens (primary N) is 1. The fourth-order valence-electron chi connectivity index (χ4n) is 2.43. The Kier molecular flexibility index (Phi) is 5.04. The number of likely N-dealkylation sites (N-methyl/N-ethyl adjacent to an activating group) is 1. The van der Waals surface area contributed by atoms with E-state index in [2.05, 4.69) is 4.90 Å². The molecule has 0 bridgehead atoms. The van der Waals surface area contributed by atoms with Crippen LogP contribution in [0.4, 0.5) is 8.78 Å². The van der Waals surface area contributed by atoms with Crippen LogP contribution in [0.1, 0.15) is 22.7 Å². The minimum absolute atomic E-state index is 0.00523. The molecule has 21 heavy (non-hydrogen) atoms. The first-order valence-corrected chi connectivity index (χ1v) is 6.92. The average Bonchev–Trinajstić information content (AvgIpc) is 2.46. The second-order valence-corrected chi connectivity index (χ2v) is 5.30. The first kappa shape index (κ1) is 15.6. The minimum atomic E-state index is -0.245. The summed E-state index contributed by atoms with van der Waals surface area (Å²) in [6.07, 6.45) is 0. The van der Waals surface area contributed by atoms with Crippen molar-refractivity contribution >= 4 is 0 Å². The molecule has 0 spiro atoms. The number of aryl methyl sites for hydroxylation is 1. The first-order chi connectivity index (χ1) is 10.0. The van der Waals surface area contributed by atoms with Crippen LogP contribution in [-0.4, -0.2) is 18.5 Å². The van der Waals surface area contributed by atoms with Gasteiger partial charge in [0.25, 0.3) is 0 Å². The number of halogens is 2. The Morgan fingerprint density at radius 2 is 1.76 bits per heavy atom. The summed E-state index contributed by atoms with van der Waals surface area (Å²) in [5.41, 5.74) is 8.49. The van der Waals surface area contributed by atoms with Gasteiger partial charge in [0.1, 0.15) is 11.6 Å². The number of hydrogen-bond acceptors (Lipinski definition) is 2. The molecule has 112 valence electrons. The normalized spacial score (nSPS) is 12.7. The van der Waals surface area contributed by atoms with Crippen molar-refractivity contribution in [2.45, 2.75) is 19.5 Å². The van der Waals surface area contributed by atoms with Gasteiger partial charge in [0, 0.05) is 19.1 Å². The van der Waals surface area contributed by atoms with E-state index in [1.165, 1.54) is 18.2 Å². The summed E-state index contributed by atoms with van der Waals surface area (Å²) in [7, 11) is 1.96. The van der Waals surface area contributed by atoms with Gasteiger partial charge in [-0.25, -0.2) is 8.78 Å². The van der Waals surface area contributed by atoms with E-state index in [1.807, 2.05) is 13.1 Å². The predicted molar refractivity (Wildman–Crippen MR) is 80.8 cm³/mol. The van der Waals surface area contributed by atoms with E-state index in [0.717, 1.165) is 11.1 Å². The Morgan fingerprint density at radius 1 is 1.10 bits per heavy atom. The summed E-state index contributed by atoms with van der Waals surface area (Å²) >= 11 is 0. The summed E-state index contributed by atoms with van der Waals surface area (Å²) in [6, 6.07) is 11.5. The standard InChI is InChI=1S/C17H20F2N2/c1-12-9-14(5-8-16(12)19)17(10-20)21(2)11-13-3-6-15(18)7-4-13/h3-9,17H,10-11,20H2,1-2H3. The summed E-state index contributed by atoms with van der Waals surface area (Å²) in [5, 5.41) is 0. The molecule has 2 aromatic rings. The van der Waals surface area contributed by atoms with Crippen molar-refractivity contribution in [3.05, 3.63) is 70.8 Å². The smallest absolute Gasteiger partial charge is 0.126 e. The van der Waals surface area contributed by atoms with E-state index in [4.69, 9.17) is 5.73 Å². The Hall–Kier alpha value is -1.78. The molecule has 0 aromatic heterocycles. The van der Waals surface area contributed by atoms with E-state index in [-0.39, 0.29) is 17.7 Å². The molecule has 0 amide bonds. The second kappa shape index (κ2) is 6.78. The summed E-state index contributed by atoms with van der Waals surface area (Å²) in [5.74, 6) is -0.457. The van der Waals surface area contributed by atoms with E-state index in [1.54, 1.807) is 25.1 Å². The molecular weight excluding hydrogens is 270 g/mol. The zero-order valence-corrected chi connectivity index (χ0v) is 12.3. The molecule has 0 aliphatic rings. The van der Waals surface area contributed by atoms with Crippen LogP contribution in [0.15, 0.2) is 42.5 Å². The van der Waals surface area contributed by atoms with Crippen molar-refractivity contribution in [2.75, 3.05) is 13.6 Å². The van der Waals surface area contributed by atoms with E-state index < -0.39 is 0 Å². The zero-order chi connectivity index (χ0) is 15.4. The van der Waals surface area contributed by atoms with Crippen LogP contribution in [0.25, 0.3) is 0 Å². The fraction of sp³-hybridized carbons (Fsp3) is 0.294. The maximum absolute atomic E-state index is 13.4. The first-order valence-electron chi connectivity index (χ1n) is 6.92. The molecule has 4 heteroatoms. The third-order valence-electron chi connectivity index (χ3n) is 3.67. The number of hydrogen-bond donors (Lipinski definition) is 1. The quantitative estimate of drug-likeness (QED) is 0.914. The van der Waals surface area contributed by atoms with Gasteiger partial charge in [0.05, 0.1) is 0 Å². The third-order valence-corrected chi connectivity index (χ3v) is 3.67. The van der Waals surface area contributed by atoms with Crippen LogP contribution in [0.2, 0.25) is 0 Å². The number of rotatable bonds is 5. The molecule has 0 fully saturated rings. The molecular formula is C17H20F2N2. The lowest BCUT2D eigenvalue weighted by atomic mass is 10.0. The second-order valence-electron chi connectivity index (χ2n) is 5.30. The van der Waals surface area contributed by atoms with Crippen molar-refractivity contribution in [1.82, 2.24) is 4.90 Å². The zero-order valence-electron chi connectivity index (χ0n) is 12.3. The highest BCUT2D eigenvalue weighted by Gasteiger charge is 2.16. The Labute approximate surface area is 124 Å². The molecule has 2 N–H and O–H groups in total. The molecule has 0 saturated heterocycles. The lowest BCUT2D eigenvalue weighted by Crippen LogP contribution is -2.30. The SMILES string of the molecule is Cc1cc(C(CN)N(C)Cc2ccc(F)cc2)ccc1F. The van der Waals surface area contributed by atoms with Crippen molar-refractivity contribution in [2.24, 2.45) is 5.73 Å². The van der Waals surface area contributed by atoms with Gasteiger partial charge in [-0.3, -0.25) is 4.90 Å². The molecule has 0 saturated carbocycles. The van der Waals surface area contributed by atoms with Crippen LogP contribution in [0.3, 0.4) is 0 Å². The fourth-order valence-corrected chi connectivity index (χ4v) is 2.43. The Balaban J connectivity index is 2.15. The summed E-state index contributed by atoms with van der Waals surface area (Å²) < 4.78 is 26.3. The number of benzene rings is 2. The van der Waals surface area contributed by atoms with Gasteiger partial charge in [-0.2, -0.15) is 0 Å². The maximum atomic E-state index is 13.4. The lowest BCUT2D eigenvalue weighted by Gasteiger charge is -2.27. The van der Waals surface area contributed by atoms with Crippen molar-refractivity contribution in [3.8, 4) is 0 Å². The van der Waals surface area contributed by atoms with Gasteiger partial charge in [-0.15, -0.1) is 0 Å². The molecule has 0 aliphatic heterocycles. The maximum Gasteiger partial charge on any atom is 0.126 e. The highest BCUT2D eigenvalue weighted by molar-refractivity contribution is 5.27. The Bertz CT molecular complexity index is 596. The molecule has 2 aromatic carbocycles. The highest BCUT2D eigenvalue weighted by Crippen LogP contribution is 2.22. The molecule has 0 heterocycles. The third kappa shape index (κ3) is 3.86. The molecule has 2 rings (SSSR count). The van der Waals surface area contributed by atoms with Gasteiger partial charge in [0.15, 0.2) is 0 Å². The average molecular weight is 290 g/mol. The van der Waals surface area contributed by atoms with Gasteiger partial charge >= 0.3 is 0 Å². The molecule has 2 nitrogen and oxygen atoms in total. The molecule has 0 aliphatic carbocycles. The summed E-state index contributed by atoms with van der Waals surface area (Å²) in [6.45, 7) is 2.83. The summed E-state index contributed by atoms with van der Waals surface area (Å²) in [4.78, 5) is 2.08. The predicted octanol–water partition coefficient (Wildman–Crippen LogP) is 3.41. The molecule has 1 unspecified atom stereocenters. The number of nitrogens with zero attached hydrogens (tertiary/aromatic N) is 1. The van der Waals surface area contributed by atoms with Gasteiger partial charge in [-0.05, 0) is 48.9 Å². The van der Waals surface area contributed by atoms with E-state index in [9.17, 15) is 8.78 Å². The van der Waals surface area contributed by atoms with Crippen LogP contribution >= 0.6 is 0 Å². The van der Waals surface area contributed by atoms with Crippen LogP contribution in [0, 0.1) is 18.6 Å².